The largest absolute Gasteiger partial charge is 0.341 e. The monoisotopic (exact) mass is 499 g/mol. The van der Waals surface area contributed by atoms with Crippen molar-refractivity contribution in [2.45, 2.75) is 65.8 Å². The summed E-state index contributed by atoms with van der Waals surface area (Å²) < 4.78 is 2.24. The SMILES string of the molecule is CC(=O)N1C[C@@H](C(=O)Nc2ccc(C)cc2C)[C@H](c2nnc(-c3ccc(CC(C)C)cc3)n2C2CC2)C1. The fourth-order valence-corrected chi connectivity index (χ4v) is 5.47. The predicted molar refractivity (Wildman–Crippen MR) is 145 cm³/mol. The van der Waals surface area contributed by atoms with E-state index in [1.807, 2.05) is 26.0 Å². The number of nitrogens with zero attached hydrogens (tertiary/aromatic N) is 4. The summed E-state index contributed by atoms with van der Waals surface area (Å²) in [5.74, 6) is 1.56. The van der Waals surface area contributed by atoms with Crippen molar-refractivity contribution < 1.29 is 9.59 Å². The number of benzene rings is 2. The first-order valence-corrected chi connectivity index (χ1v) is 13.4. The molecule has 7 heteroatoms. The van der Waals surface area contributed by atoms with Gasteiger partial charge in [0.05, 0.1) is 11.8 Å². The number of hydrogen-bond acceptors (Lipinski definition) is 4. The molecule has 7 nitrogen and oxygen atoms in total. The number of carbonyl (C=O) groups excluding carboxylic acids is 2. The smallest absolute Gasteiger partial charge is 0.230 e. The van der Waals surface area contributed by atoms with Crippen molar-refractivity contribution in [3.05, 3.63) is 65.0 Å². The van der Waals surface area contributed by atoms with Crippen LogP contribution in [0.15, 0.2) is 42.5 Å². The second-order valence-electron chi connectivity index (χ2n) is 11.2. The molecule has 2 atom stereocenters. The highest BCUT2D eigenvalue weighted by molar-refractivity contribution is 5.94. The maximum Gasteiger partial charge on any atom is 0.230 e. The zero-order valence-electron chi connectivity index (χ0n) is 22.5. The molecule has 2 amide bonds. The first-order valence-electron chi connectivity index (χ1n) is 13.4. The van der Waals surface area contributed by atoms with Crippen molar-refractivity contribution in [2.24, 2.45) is 11.8 Å². The third-order valence-corrected chi connectivity index (χ3v) is 7.56. The summed E-state index contributed by atoms with van der Waals surface area (Å²) in [4.78, 5) is 27.7. The second kappa shape index (κ2) is 10.1. The Balaban J connectivity index is 1.47. The van der Waals surface area contributed by atoms with E-state index in [-0.39, 0.29) is 17.7 Å². The van der Waals surface area contributed by atoms with Gasteiger partial charge in [0.2, 0.25) is 11.8 Å². The summed E-state index contributed by atoms with van der Waals surface area (Å²) in [5.41, 5.74) is 5.33. The van der Waals surface area contributed by atoms with Crippen molar-refractivity contribution in [1.82, 2.24) is 19.7 Å². The predicted octanol–water partition coefficient (Wildman–Crippen LogP) is 5.30. The highest BCUT2D eigenvalue weighted by atomic mass is 16.2. The lowest BCUT2D eigenvalue weighted by atomic mass is 9.93. The Bertz CT molecular complexity index is 1310. The zero-order chi connectivity index (χ0) is 26.3. The van der Waals surface area contributed by atoms with Crippen LogP contribution < -0.4 is 5.32 Å². The minimum Gasteiger partial charge on any atom is -0.341 e. The summed E-state index contributed by atoms with van der Waals surface area (Å²) in [6, 6.07) is 15.0. The Hall–Kier alpha value is -3.48. The maximum absolute atomic E-state index is 13.6. The summed E-state index contributed by atoms with van der Waals surface area (Å²) in [5, 5.41) is 12.4. The zero-order valence-corrected chi connectivity index (χ0v) is 22.5. The van der Waals surface area contributed by atoms with Gasteiger partial charge in [0, 0.05) is 37.3 Å². The molecule has 2 heterocycles. The Morgan fingerprint density at radius 3 is 2.38 bits per heavy atom. The van der Waals surface area contributed by atoms with E-state index in [9.17, 15) is 9.59 Å². The third-order valence-electron chi connectivity index (χ3n) is 7.56. The molecule has 2 fully saturated rings. The fraction of sp³-hybridized carbons (Fsp3) is 0.467. The van der Waals surface area contributed by atoms with Gasteiger partial charge in [-0.05, 0) is 56.2 Å². The van der Waals surface area contributed by atoms with Crippen molar-refractivity contribution in [3.63, 3.8) is 0 Å². The molecule has 2 aliphatic rings. The minimum absolute atomic E-state index is 0.0229. The number of aromatic nitrogens is 3. The molecule has 37 heavy (non-hydrogen) atoms. The standard InChI is InChI=1S/C30H37N5O2/c1-18(2)14-22-7-9-23(10-8-22)28-32-33-29(35(28)24-11-12-24)25-16-34(21(5)36)17-26(25)30(37)31-27-13-6-19(3)15-20(27)4/h6-10,13,15,18,24-26H,11-12,14,16-17H2,1-5H3,(H,31,37)/t25-,26-/m1/s1. The summed E-state index contributed by atoms with van der Waals surface area (Å²) >= 11 is 0. The van der Waals surface area contributed by atoms with E-state index in [0.29, 0.717) is 25.0 Å². The van der Waals surface area contributed by atoms with Crippen LogP contribution in [0.25, 0.3) is 11.4 Å². The number of carbonyl (C=O) groups is 2. The molecule has 0 spiro atoms. The van der Waals surface area contributed by atoms with E-state index < -0.39 is 5.92 Å². The van der Waals surface area contributed by atoms with Gasteiger partial charge in [0.1, 0.15) is 5.82 Å². The van der Waals surface area contributed by atoms with Crippen LogP contribution in [-0.4, -0.2) is 44.6 Å². The van der Waals surface area contributed by atoms with Gasteiger partial charge < -0.3 is 14.8 Å². The van der Waals surface area contributed by atoms with Crippen molar-refractivity contribution in [3.8, 4) is 11.4 Å². The minimum atomic E-state index is -0.396. The molecule has 1 N–H and O–H groups in total. The number of hydrogen-bond donors (Lipinski definition) is 1. The van der Waals surface area contributed by atoms with E-state index in [0.717, 1.165) is 53.3 Å². The van der Waals surface area contributed by atoms with Crippen molar-refractivity contribution >= 4 is 17.5 Å². The lowest BCUT2D eigenvalue weighted by Crippen LogP contribution is -2.31. The highest BCUT2D eigenvalue weighted by Crippen LogP contribution is 2.43. The van der Waals surface area contributed by atoms with Crippen LogP contribution in [0.1, 0.15) is 68.1 Å². The normalized spacial score (nSPS) is 19.5. The maximum atomic E-state index is 13.6. The Morgan fingerprint density at radius 2 is 1.76 bits per heavy atom. The molecule has 1 aliphatic carbocycles. The van der Waals surface area contributed by atoms with E-state index in [4.69, 9.17) is 0 Å². The summed E-state index contributed by atoms with van der Waals surface area (Å²) in [6.07, 6.45) is 3.19. The van der Waals surface area contributed by atoms with E-state index in [1.165, 1.54) is 5.56 Å². The molecule has 0 radical (unpaired) electrons. The quantitative estimate of drug-likeness (QED) is 0.479. The number of amides is 2. The molecule has 5 rings (SSSR count). The molecule has 0 unspecified atom stereocenters. The van der Waals surface area contributed by atoms with Crippen LogP contribution in [-0.2, 0) is 16.0 Å². The molecule has 1 aromatic heterocycles. The highest BCUT2D eigenvalue weighted by Gasteiger charge is 2.44. The van der Waals surface area contributed by atoms with Gasteiger partial charge in [-0.3, -0.25) is 9.59 Å². The molecule has 1 aliphatic heterocycles. The lowest BCUT2D eigenvalue weighted by Gasteiger charge is -2.19. The van der Waals surface area contributed by atoms with Crippen LogP contribution in [0.5, 0.6) is 0 Å². The fourth-order valence-electron chi connectivity index (χ4n) is 5.47. The van der Waals surface area contributed by atoms with Crippen molar-refractivity contribution in [1.29, 1.82) is 0 Å². The summed E-state index contributed by atoms with van der Waals surface area (Å²) in [6.45, 7) is 10.9. The van der Waals surface area contributed by atoms with E-state index in [2.05, 4.69) is 64.3 Å². The topological polar surface area (TPSA) is 80.1 Å². The molecular formula is C30H37N5O2. The van der Waals surface area contributed by atoms with Crippen molar-refractivity contribution in [2.75, 3.05) is 18.4 Å². The molecule has 0 bridgehead atoms. The molecular weight excluding hydrogens is 462 g/mol. The summed E-state index contributed by atoms with van der Waals surface area (Å²) in [7, 11) is 0. The van der Waals surface area contributed by atoms with Gasteiger partial charge in [-0.15, -0.1) is 10.2 Å². The Kier molecular flexibility index (Phi) is 6.88. The average molecular weight is 500 g/mol. The first kappa shape index (κ1) is 25.2. The average Bonchev–Trinajstić information content (AvgIpc) is 3.42. The van der Waals surface area contributed by atoms with Crippen LogP contribution >= 0.6 is 0 Å². The van der Waals surface area contributed by atoms with Crippen LogP contribution in [0.3, 0.4) is 0 Å². The number of aryl methyl sites for hydroxylation is 2. The third kappa shape index (κ3) is 5.31. The van der Waals surface area contributed by atoms with Crippen LogP contribution in [0.2, 0.25) is 0 Å². The van der Waals surface area contributed by atoms with Crippen LogP contribution in [0.4, 0.5) is 5.69 Å². The molecule has 194 valence electrons. The Morgan fingerprint density at radius 1 is 1.03 bits per heavy atom. The number of rotatable bonds is 7. The molecule has 1 saturated carbocycles. The van der Waals surface area contributed by atoms with Gasteiger partial charge in [-0.25, -0.2) is 0 Å². The molecule has 3 aromatic rings. The van der Waals surface area contributed by atoms with E-state index in [1.54, 1.807) is 11.8 Å². The van der Waals surface area contributed by atoms with E-state index >= 15 is 0 Å². The first-order chi connectivity index (χ1) is 17.7. The molecule has 2 aromatic carbocycles. The lowest BCUT2D eigenvalue weighted by molar-refractivity contribution is -0.128. The van der Waals surface area contributed by atoms with Gasteiger partial charge in [0.25, 0.3) is 0 Å². The van der Waals surface area contributed by atoms with Gasteiger partial charge in [-0.2, -0.15) is 0 Å². The van der Waals surface area contributed by atoms with Gasteiger partial charge in [-0.1, -0.05) is 55.8 Å². The van der Waals surface area contributed by atoms with Crippen LogP contribution in [0, 0.1) is 25.7 Å². The molecule has 1 saturated heterocycles. The number of nitrogens with one attached hydrogen (secondary N) is 1. The second-order valence-corrected chi connectivity index (χ2v) is 11.2. The number of anilines is 1. The van der Waals surface area contributed by atoms with Gasteiger partial charge in [0.15, 0.2) is 5.82 Å². The van der Waals surface area contributed by atoms with Gasteiger partial charge >= 0.3 is 0 Å². The number of likely N-dealkylation sites (tertiary alicyclic amines) is 1. The Labute approximate surface area is 219 Å².